The lowest BCUT2D eigenvalue weighted by Gasteiger charge is -2.07. The van der Waals surface area contributed by atoms with Crippen LogP contribution in [0, 0.1) is 0 Å². The maximum absolute atomic E-state index is 10.7. The first-order valence-electron chi connectivity index (χ1n) is 7.30. The third-order valence-corrected chi connectivity index (χ3v) is 2.56. The van der Waals surface area contributed by atoms with Crippen molar-refractivity contribution in [1.29, 1.82) is 0 Å². The van der Waals surface area contributed by atoms with Crippen LogP contribution < -0.4 is 0 Å². The molecule has 0 amide bonds. The zero-order valence-corrected chi connectivity index (χ0v) is 13.0. The minimum atomic E-state index is 0.0480. The second kappa shape index (κ2) is 15.1. The first-order valence-corrected chi connectivity index (χ1v) is 7.30. The average molecular weight is 298 g/mol. The van der Waals surface area contributed by atoms with Gasteiger partial charge in [-0.05, 0) is 12.8 Å². The van der Waals surface area contributed by atoms with E-state index in [0.29, 0.717) is 11.1 Å². The zero-order chi connectivity index (χ0) is 15.8. The van der Waals surface area contributed by atoms with Gasteiger partial charge in [-0.3, -0.25) is 9.59 Å². The number of allylic oxidation sites excluding steroid dienone is 2. The molecule has 0 aliphatic carbocycles. The fourth-order valence-electron chi connectivity index (χ4n) is 1.41. The Morgan fingerprint density at radius 3 is 1.52 bits per heavy atom. The maximum Gasteiger partial charge on any atom is 0.150 e. The number of carbonyl (C=O) groups is 2. The van der Waals surface area contributed by atoms with Crippen LogP contribution in [0.15, 0.2) is 23.3 Å². The summed E-state index contributed by atoms with van der Waals surface area (Å²) in [4.78, 5) is 21.4. The van der Waals surface area contributed by atoms with Crippen LogP contribution in [0.3, 0.4) is 0 Å². The van der Waals surface area contributed by atoms with E-state index in [2.05, 4.69) is 0 Å². The Morgan fingerprint density at radius 2 is 1.19 bits per heavy atom. The Balaban J connectivity index is 3.63. The second-order valence-corrected chi connectivity index (χ2v) is 4.51. The predicted molar refractivity (Wildman–Crippen MR) is 80.8 cm³/mol. The molecular weight excluding hydrogens is 272 g/mol. The molecule has 0 aromatic carbocycles. The molecule has 5 heteroatoms. The van der Waals surface area contributed by atoms with Crippen LogP contribution in [0.4, 0.5) is 0 Å². The van der Waals surface area contributed by atoms with Gasteiger partial charge in [-0.2, -0.15) is 0 Å². The molecule has 0 bridgehead atoms. The Hall–Kier alpha value is -1.30. The molecule has 0 radical (unpaired) electrons. The molecule has 0 rings (SSSR count). The summed E-state index contributed by atoms with van der Waals surface area (Å²) in [5.74, 6) is 0. The molecule has 0 fully saturated rings. The van der Waals surface area contributed by atoms with E-state index in [1.807, 2.05) is 26.0 Å². The highest BCUT2D eigenvalue weighted by Crippen LogP contribution is 1.99. The van der Waals surface area contributed by atoms with Gasteiger partial charge in [-0.1, -0.05) is 38.8 Å². The molecule has 0 aliphatic heterocycles. The van der Waals surface area contributed by atoms with Gasteiger partial charge in [-0.15, -0.1) is 0 Å². The van der Waals surface area contributed by atoms with Crippen molar-refractivity contribution in [3.8, 4) is 0 Å². The van der Waals surface area contributed by atoms with E-state index < -0.39 is 0 Å². The largest absolute Gasteiger partial charge is 0.351 e. The molecule has 21 heavy (non-hydrogen) atoms. The number of ether oxygens (including phenoxy) is 3. The van der Waals surface area contributed by atoms with Gasteiger partial charge in [0.15, 0.2) is 0 Å². The topological polar surface area (TPSA) is 61.8 Å². The standard InChI is InChI=1S/C16H26O5/c1-3-5-7-15(9-17)11-19-13-21-14-20-12-16(10-18)8-6-4-2/h7-10H,3-6,11-14H2,1-2H3. The summed E-state index contributed by atoms with van der Waals surface area (Å²) in [6.45, 7) is 4.66. The number of hydrogen-bond donors (Lipinski definition) is 0. The Labute approximate surface area is 126 Å². The van der Waals surface area contributed by atoms with Crippen LogP contribution in [0.2, 0.25) is 0 Å². The molecule has 5 nitrogen and oxygen atoms in total. The lowest BCUT2D eigenvalue weighted by atomic mass is 10.2. The maximum atomic E-state index is 10.7. The number of rotatable bonds is 14. The van der Waals surface area contributed by atoms with E-state index in [1.165, 1.54) is 0 Å². The molecule has 0 aromatic rings. The molecule has 0 saturated carbocycles. The third kappa shape index (κ3) is 12.2. The van der Waals surface area contributed by atoms with Crippen molar-refractivity contribution in [1.82, 2.24) is 0 Å². The number of aldehydes is 2. The molecule has 0 heterocycles. The van der Waals surface area contributed by atoms with Gasteiger partial charge in [0.1, 0.15) is 26.2 Å². The summed E-state index contributed by atoms with van der Waals surface area (Å²) in [6.07, 6.45) is 9.01. The van der Waals surface area contributed by atoms with Crippen LogP contribution in [-0.2, 0) is 23.8 Å². The normalized spacial score (nSPS) is 12.5. The van der Waals surface area contributed by atoms with Crippen LogP contribution in [0.5, 0.6) is 0 Å². The molecule has 0 spiro atoms. The van der Waals surface area contributed by atoms with Gasteiger partial charge >= 0.3 is 0 Å². The summed E-state index contributed by atoms with van der Waals surface area (Å²) in [7, 11) is 0. The molecule has 0 aromatic heterocycles. The van der Waals surface area contributed by atoms with E-state index in [0.717, 1.165) is 38.3 Å². The molecule has 0 N–H and O–H groups in total. The quantitative estimate of drug-likeness (QED) is 0.213. The Morgan fingerprint density at radius 1 is 0.762 bits per heavy atom. The average Bonchev–Trinajstić information content (AvgIpc) is 2.52. The van der Waals surface area contributed by atoms with Crippen molar-refractivity contribution in [3.63, 3.8) is 0 Å². The molecule has 0 aliphatic rings. The van der Waals surface area contributed by atoms with Gasteiger partial charge in [0.05, 0.1) is 13.2 Å². The molecule has 120 valence electrons. The summed E-state index contributed by atoms with van der Waals surface area (Å²) in [5, 5.41) is 0. The van der Waals surface area contributed by atoms with Gasteiger partial charge < -0.3 is 14.2 Å². The highest BCUT2D eigenvalue weighted by molar-refractivity contribution is 5.73. The fraction of sp³-hybridized carbons (Fsp3) is 0.625. The molecule has 0 saturated heterocycles. The van der Waals surface area contributed by atoms with E-state index in [-0.39, 0.29) is 26.8 Å². The van der Waals surface area contributed by atoms with Gasteiger partial charge in [0.2, 0.25) is 0 Å². The molecule has 0 atom stereocenters. The fourth-order valence-corrected chi connectivity index (χ4v) is 1.41. The highest BCUT2D eigenvalue weighted by atomic mass is 16.7. The van der Waals surface area contributed by atoms with Crippen molar-refractivity contribution in [3.05, 3.63) is 23.3 Å². The smallest absolute Gasteiger partial charge is 0.150 e. The van der Waals surface area contributed by atoms with Crippen molar-refractivity contribution in [2.24, 2.45) is 0 Å². The monoisotopic (exact) mass is 298 g/mol. The first-order chi connectivity index (χ1) is 10.3. The van der Waals surface area contributed by atoms with Crippen LogP contribution >= 0.6 is 0 Å². The van der Waals surface area contributed by atoms with Crippen molar-refractivity contribution >= 4 is 12.6 Å². The lowest BCUT2D eigenvalue weighted by Crippen LogP contribution is -2.09. The van der Waals surface area contributed by atoms with Gasteiger partial charge in [-0.25, -0.2) is 0 Å². The van der Waals surface area contributed by atoms with Crippen molar-refractivity contribution < 1.29 is 23.8 Å². The van der Waals surface area contributed by atoms with Gasteiger partial charge in [0, 0.05) is 11.1 Å². The van der Waals surface area contributed by atoms with Crippen molar-refractivity contribution in [2.75, 3.05) is 26.8 Å². The van der Waals surface area contributed by atoms with E-state index in [4.69, 9.17) is 14.2 Å². The number of hydrogen-bond acceptors (Lipinski definition) is 5. The van der Waals surface area contributed by atoms with Crippen LogP contribution in [-0.4, -0.2) is 39.4 Å². The minimum Gasteiger partial charge on any atom is -0.351 e. The van der Waals surface area contributed by atoms with E-state index in [9.17, 15) is 9.59 Å². The van der Waals surface area contributed by atoms with E-state index in [1.54, 1.807) is 0 Å². The zero-order valence-electron chi connectivity index (χ0n) is 13.0. The van der Waals surface area contributed by atoms with E-state index >= 15 is 0 Å². The summed E-state index contributed by atoms with van der Waals surface area (Å²) >= 11 is 0. The summed E-state index contributed by atoms with van der Waals surface area (Å²) < 4.78 is 15.5. The minimum absolute atomic E-state index is 0.0480. The highest BCUT2D eigenvalue weighted by Gasteiger charge is 1.97. The first kappa shape index (κ1) is 19.7. The van der Waals surface area contributed by atoms with Crippen molar-refractivity contribution in [2.45, 2.75) is 39.5 Å². The Kier molecular flexibility index (Phi) is 14.2. The lowest BCUT2D eigenvalue weighted by molar-refractivity contribution is -0.126. The third-order valence-electron chi connectivity index (χ3n) is 2.56. The molecule has 0 unspecified atom stereocenters. The SMILES string of the molecule is CCCC=C(C=O)COCOCOCC(C=O)=CCCC. The number of unbranched alkanes of at least 4 members (excludes halogenated alkanes) is 2. The van der Waals surface area contributed by atoms with Crippen LogP contribution in [0.25, 0.3) is 0 Å². The van der Waals surface area contributed by atoms with Crippen LogP contribution in [0.1, 0.15) is 39.5 Å². The second-order valence-electron chi connectivity index (χ2n) is 4.51. The molecular formula is C16H26O5. The summed E-state index contributed by atoms with van der Waals surface area (Å²) in [5.41, 5.74) is 1.24. The predicted octanol–water partition coefficient (Wildman–Crippen LogP) is 2.80. The van der Waals surface area contributed by atoms with Gasteiger partial charge in [0.25, 0.3) is 0 Å². The Bertz CT molecular complexity index is 302. The number of carbonyl (C=O) groups excluding carboxylic acids is 2. The summed E-state index contributed by atoms with van der Waals surface area (Å²) in [6, 6.07) is 0.